The lowest BCUT2D eigenvalue weighted by atomic mass is 10.1. The number of hydrogen-bond acceptors (Lipinski definition) is 3. The maximum absolute atomic E-state index is 12.8. The molecule has 1 aromatic heterocycles. The highest BCUT2D eigenvalue weighted by Gasteiger charge is 2.29. The third-order valence-electron chi connectivity index (χ3n) is 4.78. The molecule has 0 unspecified atom stereocenters. The predicted octanol–water partition coefficient (Wildman–Crippen LogP) is 1.51. The van der Waals surface area contributed by atoms with Crippen molar-refractivity contribution in [2.75, 3.05) is 32.7 Å². The normalized spacial score (nSPS) is 19.3. The molecule has 1 aromatic rings. The van der Waals surface area contributed by atoms with Gasteiger partial charge in [-0.2, -0.15) is 0 Å². The summed E-state index contributed by atoms with van der Waals surface area (Å²) in [7, 11) is 0. The Bertz CT molecular complexity index is 588. The second kappa shape index (κ2) is 6.12. The lowest BCUT2D eigenvalue weighted by molar-refractivity contribution is 0.0690. The number of carbonyl (C=O) groups is 2. The minimum absolute atomic E-state index is 0.0204. The van der Waals surface area contributed by atoms with Crippen LogP contribution in [0.4, 0.5) is 0 Å². The molecular formula is C16H23N3O3. The average molecular weight is 305 g/mol. The highest BCUT2D eigenvalue weighted by atomic mass is 16.4. The van der Waals surface area contributed by atoms with E-state index in [0.717, 1.165) is 51.3 Å². The molecule has 0 saturated carbocycles. The van der Waals surface area contributed by atoms with Crippen molar-refractivity contribution in [1.82, 2.24) is 14.8 Å². The fourth-order valence-corrected chi connectivity index (χ4v) is 3.54. The zero-order valence-electron chi connectivity index (χ0n) is 13.0. The Labute approximate surface area is 130 Å². The van der Waals surface area contributed by atoms with E-state index in [4.69, 9.17) is 0 Å². The zero-order valence-corrected chi connectivity index (χ0v) is 13.0. The molecule has 1 saturated heterocycles. The standard InChI is InChI=1S/C16H23N3O3/c1-11-13-12(17-14(11)16(21)22)5-4-8-19(15(13)20)10-9-18-6-2-3-7-18/h17H,2-10H2,1H3,(H,21,22). The summed E-state index contributed by atoms with van der Waals surface area (Å²) in [5, 5.41) is 9.22. The van der Waals surface area contributed by atoms with Crippen LogP contribution in [0.25, 0.3) is 0 Å². The molecule has 2 aliphatic heterocycles. The number of H-pyrrole nitrogens is 1. The highest BCUT2D eigenvalue weighted by Crippen LogP contribution is 2.24. The summed E-state index contributed by atoms with van der Waals surface area (Å²) >= 11 is 0. The van der Waals surface area contributed by atoms with Gasteiger partial charge in [0.25, 0.3) is 5.91 Å². The van der Waals surface area contributed by atoms with Gasteiger partial charge < -0.3 is 19.9 Å². The van der Waals surface area contributed by atoms with Crippen molar-refractivity contribution in [3.63, 3.8) is 0 Å². The first-order chi connectivity index (χ1) is 10.6. The fourth-order valence-electron chi connectivity index (χ4n) is 3.54. The van der Waals surface area contributed by atoms with Crippen LogP contribution in [0, 0.1) is 6.92 Å². The van der Waals surface area contributed by atoms with E-state index >= 15 is 0 Å². The highest BCUT2D eigenvalue weighted by molar-refractivity contribution is 6.01. The number of amides is 1. The van der Waals surface area contributed by atoms with Crippen LogP contribution in [0.3, 0.4) is 0 Å². The van der Waals surface area contributed by atoms with Gasteiger partial charge in [-0.1, -0.05) is 0 Å². The lowest BCUT2D eigenvalue weighted by Crippen LogP contribution is -2.38. The number of likely N-dealkylation sites (tertiary alicyclic amines) is 1. The molecule has 2 N–H and O–H groups in total. The summed E-state index contributed by atoms with van der Waals surface area (Å²) in [5.41, 5.74) is 2.08. The van der Waals surface area contributed by atoms with Crippen molar-refractivity contribution in [3.05, 3.63) is 22.5 Å². The largest absolute Gasteiger partial charge is 0.477 e. The predicted molar refractivity (Wildman–Crippen MR) is 82.4 cm³/mol. The molecule has 3 heterocycles. The minimum Gasteiger partial charge on any atom is -0.477 e. The Hall–Kier alpha value is -1.82. The van der Waals surface area contributed by atoms with E-state index in [1.807, 2.05) is 4.90 Å². The van der Waals surface area contributed by atoms with Gasteiger partial charge in [0.05, 0.1) is 5.56 Å². The quantitative estimate of drug-likeness (QED) is 0.884. The number of aromatic carboxylic acids is 1. The molecule has 120 valence electrons. The molecule has 1 fully saturated rings. The topological polar surface area (TPSA) is 76.6 Å². The molecule has 2 aliphatic rings. The third kappa shape index (κ3) is 2.75. The smallest absolute Gasteiger partial charge is 0.352 e. The van der Waals surface area contributed by atoms with Gasteiger partial charge in [-0.05, 0) is 51.3 Å². The molecule has 3 rings (SSSR count). The maximum atomic E-state index is 12.8. The number of nitrogens with one attached hydrogen (secondary N) is 1. The van der Waals surface area contributed by atoms with Crippen molar-refractivity contribution in [3.8, 4) is 0 Å². The average Bonchev–Trinajstić information content (AvgIpc) is 3.06. The van der Waals surface area contributed by atoms with E-state index < -0.39 is 5.97 Å². The van der Waals surface area contributed by atoms with Gasteiger partial charge in [0.1, 0.15) is 5.69 Å². The molecule has 1 amide bonds. The second-order valence-corrected chi connectivity index (χ2v) is 6.23. The van der Waals surface area contributed by atoms with Crippen LogP contribution in [0.5, 0.6) is 0 Å². The van der Waals surface area contributed by atoms with Crippen molar-refractivity contribution in [1.29, 1.82) is 0 Å². The van der Waals surface area contributed by atoms with Gasteiger partial charge in [0.15, 0.2) is 0 Å². The fraction of sp³-hybridized carbons (Fsp3) is 0.625. The van der Waals surface area contributed by atoms with Crippen molar-refractivity contribution in [2.24, 2.45) is 0 Å². The van der Waals surface area contributed by atoms with Crippen molar-refractivity contribution < 1.29 is 14.7 Å². The summed E-state index contributed by atoms with van der Waals surface area (Å²) in [4.78, 5) is 31.3. The van der Waals surface area contributed by atoms with Gasteiger partial charge >= 0.3 is 5.97 Å². The summed E-state index contributed by atoms with van der Waals surface area (Å²) < 4.78 is 0. The van der Waals surface area contributed by atoms with Crippen LogP contribution >= 0.6 is 0 Å². The van der Waals surface area contributed by atoms with Crippen molar-refractivity contribution >= 4 is 11.9 Å². The van der Waals surface area contributed by atoms with Crippen LogP contribution in [-0.4, -0.2) is 64.5 Å². The molecule has 0 atom stereocenters. The number of carbonyl (C=O) groups excluding carboxylic acids is 1. The molecule has 0 bridgehead atoms. The number of aromatic amines is 1. The number of aromatic nitrogens is 1. The summed E-state index contributed by atoms with van der Waals surface area (Å²) in [6.45, 7) is 6.36. The third-order valence-corrected chi connectivity index (χ3v) is 4.78. The van der Waals surface area contributed by atoms with E-state index in [2.05, 4.69) is 9.88 Å². The Kier molecular flexibility index (Phi) is 4.20. The van der Waals surface area contributed by atoms with E-state index in [0.29, 0.717) is 11.1 Å². The molecule has 0 aromatic carbocycles. The van der Waals surface area contributed by atoms with Crippen LogP contribution in [0.2, 0.25) is 0 Å². The number of nitrogens with zero attached hydrogens (tertiary/aromatic N) is 2. The number of carboxylic acids is 1. The van der Waals surface area contributed by atoms with Crippen LogP contribution in [0.1, 0.15) is 51.4 Å². The zero-order chi connectivity index (χ0) is 15.7. The van der Waals surface area contributed by atoms with E-state index in [-0.39, 0.29) is 11.6 Å². The monoisotopic (exact) mass is 305 g/mol. The summed E-state index contributed by atoms with van der Waals surface area (Å²) in [5.74, 6) is -1.02. The van der Waals surface area contributed by atoms with Crippen molar-refractivity contribution in [2.45, 2.75) is 32.6 Å². The molecule has 6 nitrogen and oxygen atoms in total. The van der Waals surface area contributed by atoms with Gasteiger partial charge in [-0.25, -0.2) is 4.79 Å². The summed E-state index contributed by atoms with van der Waals surface area (Å²) in [6, 6.07) is 0. The van der Waals surface area contributed by atoms with Crippen LogP contribution in [0.15, 0.2) is 0 Å². The first-order valence-electron chi connectivity index (χ1n) is 8.04. The number of rotatable bonds is 4. The second-order valence-electron chi connectivity index (χ2n) is 6.23. The van der Waals surface area contributed by atoms with E-state index in [1.54, 1.807) is 6.92 Å². The Morgan fingerprint density at radius 2 is 1.91 bits per heavy atom. The molecular weight excluding hydrogens is 282 g/mol. The van der Waals surface area contributed by atoms with Gasteiger partial charge in [-0.15, -0.1) is 0 Å². The Morgan fingerprint density at radius 3 is 2.59 bits per heavy atom. The molecule has 0 spiro atoms. The van der Waals surface area contributed by atoms with Crippen LogP contribution in [-0.2, 0) is 6.42 Å². The first kappa shape index (κ1) is 15.1. The van der Waals surface area contributed by atoms with Gasteiger partial charge in [0.2, 0.25) is 0 Å². The lowest BCUT2D eigenvalue weighted by Gasteiger charge is -2.24. The molecule has 0 aliphatic carbocycles. The Balaban J connectivity index is 1.78. The van der Waals surface area contributed by atoms with E-state index in [1.165, 1.54) is 12.8 Å². The molecule has 0 radical (unpaired) electrons. The minimum atomic E-state index is -0.998. The maximum Gasteiger partial charge on any atom is 0.352 e. The first-order valence-corrected chi connectivity index (χ1v) is 8.04. The molecule has 6 heteroatoms. The summed E-state index contributed by atoms with van der Waals surface area (Å²) in [6.07, 6.45) is 4.10. The number of aryl methyl sites for hydroxylation is 1. The number of carboxylic acid groups (broad SMARTS) is 1. The van der Waals surface area contributed by atoms with Gasteiger partial charge in [-0.3, -0.25) is 4.79 Å². The SMILES string of the molecule is Cc1c(C(=O)O)[nH]c2c1C(=O)N(CCN1CCCC1)CCC2. The molecule has 22 heavy (non-hydrogen) atoms. The van der Waals surface area contributed by atoms with E-state index in [9.17, 15) is 14.7 Å². The van der Waals surface area contributed by atoms with Crippen LogP contribution < -0.4 is 0 Å². The number of hydrogen-bond donors (Lipinski definition) is 2. The Morgan fingerprint density at radius 1 is 1.18 bits per heavy atom. The number of fused-ring (bicyclic) bond motifs is 1. The van der Waals surface area contributed by atoms with Gasteiger partial charge in [0, 0.05) is 25.3 Å².